The molecule has 0 aliphatic heterocycles. The lowest BCUT2D eigenvalue weighted by Gasteiger charge is -2.14. The lowest BCUT2D eigenvalue weighted by atomic mass is 10.1. The lowest BCUT2D eigenvalue weighted by molar-refractivity contribution is -0.138. The van der Waals surface area contributed by atoms with E-state index < -0.39 is 29.2 Å². The molecule has 0 saturated heterocycles. The van der Waals surface area contributed by atoms with Gasteiger partial charge in [0.05, 0.1) is 11.3 Å². The fourth-order valence-electron chi connectivity index (χ4n) is 1.36. The zero-order chi connectivity index (χ0) is 15.3. The highest BCUT2D eigenvalue weighted by Crippen LogP contribution is 2.36. The summed E-state index contributed by atoms with van der Waals surface area (Å²) in [5.41, 5.74) is -1.62. The number of rotatable bonds is 3. The second kappa shape index (κ2) is 6.60. The first-order valence-electron chi connectivity index (χ1n) is 5.71. The maximum absolute atomic E-state index is 12.8. The predicted molar refractivity (Wildman–Crippen MR) is 68.4 cm³/mol. The lowest BCUT2D eigenvalue weighted by Crippen LogP contribution is -2.36. The van der Waals surface area contributed by atoms with E-state index in [9.17, 15) is 22.8 Å². The van der Waals surface area contributed by atoms with E-state index in [1.54, 1.807) is 6.92 Å². The summed E-state index contributed by atoms with van der Waals surface area (Å²) in [4.78, 5) is 22.8. The van der Waals surface area contributed by atoms with Crippen molar-refractivity contribution in [2.24, 2.45) is 0 Å². The molecule has 0 radical (unpaired) electrons. The van der Waals surface area contributed by atoms with Gasteiger partial charge < -0.3 is 10.6 Å². The van der Waals surface area contributed by atoms with Gasteiger partial charge in [0.25, 0.3) is 0 Å². The van der Waals surface area contributed by atoms with Crippen molar-refractivity contribution >= 4 is 29.1 Å². The molecule has 0 atom stereocenters. The van der Waals surface area contributed by atoms with Gasteiger partial charge in [0.2, 0.25) is 0 Å². The van der Waals surface area contributed by atoms with Crippen LogP contribution in [0.1, 0.15) is 18.9 Å². The van der Waals surface area contributed by atoms with Crippen molar-refractivity contribution in [2.75, 3.05) is 11.9 Å². The number of carbonyl (C=O) groups excluding carboxylic acids is 2. The average molecular weight is 309 g/mol. The molecule has 2 N–H and O–H groups in total. The normalized spacial score (nSPS) is 11.1. The molecule has 1 aromatic rings. The van der Waals surface area contributed by atoms with Crippen molar-refractivity contribution < 1.29 is 22.8 Å². The van der Waals surface area contributed by atoms with Crippen molar-refractivity contribution in [3.05, 3.63) is 28.8 Å². The van der Waals surface area contributed by atoms with E-state index in [1.807, 2.05) is 5.32 Å². The number of alkyl halides is 3. The smallest absolute Gasteiger partial charge is 0.348 e. The molecule has 0 heterocycles. The number of halogens is 4. The van der Waals surface area contributed by atoms with Crippen LogP contribution in [0.3, 0.4) is 0 Å². The number of anilines is 1. The molecule has 0 aromatic heterocycles. The van der Waals surface area contributed by atoms with Crippen LogP contribution in [0.5, 0.6) is 0 Å². The monoisotopic (exact) mass is 308 g/mol. The molecular formula is C12H12ClF3N2O2. The highest BCUT2D eigenvalue weighted by molar-refractivity contribution is 6.39. The minimum Gasteiger partial charge on any atom is -0.348 e. The second-order valence-electron chi connectivity index (χ2n) is 3.90. The molecule has 8 heteroatoms. The number of hydrogen-bond acceptors (Lipinski definition) is 2. The van der Waals surface area contributed by atoms with Crippen LogP contribution < -0.4 is 10.6 Å². The van der Waals surface area contributed by atoms with Crippen molar-refractivity contribution in [1.82, 2.24) is 5.32 Å². The fraction of sp³-hybridized carbons (Fsp3) is 0.333. The number of hydrogen-bond donors (Lipinski definition) is 2. The van der Waals surface area contributed by atoms with Crippen LogP contribution in [0.15, 0.2) is 18.2 Å². The Morgan fingerprint density at radius 1 is 1.25 bits per heavy atom. The first-order valence-corrected chi connectivity index (χ1v) is 6.09. The number of amides is 2. The van der Waals surface area contributed by atoms with E-state index in [4.69, 9.17) is 11.6 Å². The molecule has 0 bridgehead atoms. The Balaban J connectivity index is 2.93. The molecule has 0 unspecified atom stereocenters. The van der Waals surface area contributed by atoms with E-state index in [1.165, 1.54) is 6.07 Å². The first kappa shape index (κ1) is 16.3. The summed E-state index contributed by atoms with van der Waals surface area (Å²) in [7, 11) is 0. The maximum atomic E-state index is 12.8. The van der Waals surface area contributed by atoms with Gasteiger partial charge in [-0.15, -0.1) is 0 Å². The minimum atomic E-state index is -4.69. The Labute approximate surface area is 118 Å². The molecule has 0 aliphatic carbocycles. The van der Waals surface area contributed by atoms with Crippen molar-refractivity contribution in [1.29, 1.82) is 0 Å². The summed E-state index contributed by atoms with van der Waals surface area (Å²) >= 11 is 5.50. The quantitative estimate of drug-likeness (QED) is 0.844. The fourth-order valence-corrected chi connectivity index (χ4v) is 1.53. The van der Waals surface area contributed by atoms with Gasteiger partial charge in [0, 0.05) is 11.6 Å². The van der Waals surface area contributed by atoms with Gasteiger partial charge in [-0.2, -0.15) is 13.2 Å². The third-order valence-corrected chi connectivity index (χ3v) is 2.51. The van der Waals surface area contributed by atoms with Gasteiger partial charge in [-0.25, -0.2) is 0 Å². The maximum Gasteiger partial charge on any atom is 0.418 e. The van der Waals surface area contributed by atoms with Gasteiger partial charge in [-0.3, -0.25) is 9.59 Å². The predicted octanol–water partition coefficient (Wildman–Crippen LogP) is 2.82. The van der Waals surface area contributed by atoms with E-state index in [-0.39, 0.29) is 11.6 Å². The summed E-state index contributed by atoms with van der Waals surface area (Å²) in [6, 6.07) is 2.87. The van der Waals surface area contributed by atoms with E-state index in [0.717, 1.165) is 6.07 Å². The largest absolute Gasteiger partial charge is 0.418 e. The second-order valence-corrected chi connectivity index (χ2v) is 4.33. The van der Waals surface area contributed by atoms with Crippen LogP contribution in [-0.4, -0.2) is 18.4 Å². The van der Waals surface area contributed by atoms with E-state index in [2.05, 4.69) is 5.32 Å². The summed E-state index contributed by atoms with van der Waals surface area (Å²) in [5.74, 6) is -2.15. The van der Waals surface area contributed by atoms with E-state index >= 15 is 0 Å². The molecule has 110 valence electrons. The number of nitrogens with one attached hydrogen (secondary N) is 2. The molecule has 4 nitrogen and oxygen atoms in total. The van der Waals surface area contributed by atoms with Crippen LogP contribution in [0, 0.1) is 0 Å². The Hall–Kier alpha value is -1.76. The minimum absolute atomic E-state index is 0.120. The van der Waals surface area contributed by atoms with Gasteiger partial charge in [0.15, 0.2) is 0 Å². The van der Waals surface area contributed by atoms with E-state index in [0.29, 0.717) is 12.5 Å². The van der Waals surface area contributed by atoms with Crippen molar-refractivity contribution in [2.45, 2.75) is 19.5 Å². The van der Waals surface area contributed by atoms with Crippen LogP contribution >= 0.6 is 11.6 Å². The molecule has 1 aromatic carbocycles. The van der Waals surface area contributed by atoms with Crippen molar-refractivity contribution in [3.63, 3.8) is 0 Å². The van der Waals surface area contributed by atoms with Crippen LogP contribution in [-0.2, 0) is 15.8 Å². The van der Waals surface area contributed by atoms with Crippen LogP contribution in [0.25, 0.3) is 0 Å². The Kier molecular flexibility index (Phi) is 5.38. The molecule has 1 rings (SSSR count). The molecule has 0 saturated carbocycles. The van der Waals surface area contributed by atoms with Crippen LogP contribution in [0.2, 0.25) is 5.02 Å². The molecule has 20 heavy (non-hydrogen) atoms. The topological polar surface area (TPSA) is 58.2 Å². The van der Waals surface area contributed by atoms with Crippen LogP contribution in [0.4, 0.5) is 18.9 Å². The summed E-state index contributed by atoms with van der Waals surface area (Å²) < 4.78 is 38.3. The standard InChI is InChI=1S/C12H12ClF3N2O2/c1-2-5-17-10(19)11(20)18-9-4-3-7(13)6-8(9)12(14,15)16/h3-4,6H,2,5H2,1H3,(H,17,19)(H,18,20). The number of carbonyl (C=O) groups is 2. The highest BCUT2D eigenvalue weighted by atomic mass is 35.5. The zero-order valence-corrected chi connectivity index (χ0v) is 11.2. The molecule has 2 amide bonds. The SMILES string of the molecule is CCCNC(=O)C(=O)Nc1ccc(Cl)cc1C(F)(F)F. The molecule has 0 aliphatic rings. The van der Waals surface area contributed by atoms with Gasteiger partial charge in [0.1, 0.15) is 0 Å². The zero-order valence-electron chi connectivity index (χ0n) is 10.5. The average Bonchev–Trinajstić information content (AvgIpc) is 2.36. The Morgan fingerprint density at radius 3 is 2.45 bits per heavy atom. The summed E-state index contributed by atoms with van der Waals surface area (Å²) in [5, 5.41) is 4.07. The van der Waals surface area contributed by atoms with Crippen molar-refractivity contribution in [3.8, 4) is 0 Å². The Morgan fingerprint density at radius 2 is 1.90 bits per heavy atom. The molecule has 0 fully saturated rings. The molecule has 0 spiro atoms. The highest BCUT2D eigenvalue weighted by Gasteiger charge is 2.34. The molecular weight excluding hydrogens is 297 g/mol. The van der Waals surface area contributed by atoms with Gasteiger partial charge in [-0.1, -0.05) is 18.5 Å². The third kappa shape index (κ3) is 4.41. The summed E-state index contributed by atoms with van der Waals surface area (Å²) in [6.07, 6.45) is -4.08. The first-order chi connectivity index (χ1) is 9.25. The third-order valence-electron chi connectivity index (χ3n) is 2.28. The Bertz CT molecular complexity index is 518. The summed E-state index contributed by atoms with van der Waals surface area (Å²) in [6.45, 7) is 2.04. The van der Waals surface area contributed by atoms with Gasteiger partial charge >= 0.3 is 18.0 Å². The number of benzene rings is 1. The van der Waals surface area contributed by atoms with Gasteiger partial charge in [-0.05, 0) is 24.6 Å².